The quantitative estimate of drug-likeness (QED) is 0.600. The summed E-state index contributed by atoms with van der Waals surface area (Å²) >= 11 is 0. The molecule has 4 rings (SSSR count). The molecule has 156 valence electrons. The van der Waals surface area contributed by atoms with Gasteiger partial charge in [-0.2, -0.15) is 13.2 Å². The number of aromatic nitrogens is 1. The molecular weight excluding hydrogens is 393 g/mol. The van der Waals surface area contributed by atoms with Gasteiger partial charge < -0.3 is 14.2 Å². The molecule has 0 saturated carbocycles. The van der Waals surface area contributed by atoms with Crippen molar-refractivity contribution >= 4 is 5.91 Å². The number of nitrogens with zero attached hydrogens (tertiary/aromatic N) is 2. The van der Waals surface area contributed by atoms with Crippen LogP contribution in [0.2, 0.25) is 0 Å². The number of hydrogen-bond donors (Lipinski definition) is 0. The van der Waals surface area contributed by atoms with Gasteiger partial charge in [-0.3, -0.25) is 4.79 Å². The van der Waals surface area contributed by atoms with Gasteiger partial charge in [-0.15, -0.1) is 0 Å². The second-order valence-electron chi connectivity index (χ2n) is 7.30. The van der Waals surface area contributed by atoms with Gasteiger partial charge in [-0.05, 0) is 42.8 Å². The number of carbonyl (C=O) groups is 1. The number of para-hydroxylation sites is 1. The summed E-state index contributed by atoms with van der Waals surface area (Å²) in [5.74, 6) is 0.179. The summed E-state index contributed by atoms with van der Waals surface area (Å²) in [7, 11) is 1.56. The van der Waals surface area contributed by atoms with Crippen molar-refractivity contribution in [2.75, 3.05) is 13.7 Å². The fourth-order valence-corrected chi connectivity index (χ4v) is 4.05. The second-order valence-corrected chi connectivity index (χ2v) is 7.30. The van der Waals surface area contributed by atoms with E-state index >= 15 is 0 Å². The molecule has 30 heavy (non-hydrogen) atoms. The zero-order valence-electron chi connectivity index (χ0n) is 16.6. The first kappa shape index (κ1) is 20.1. The van der Waals surface area contributed by atoms with Crippen LogP contribution >= 0.6 is 0 Å². The standard InChI is InChI=1S/C23H21F3N2O2/c1-15-9-10-16(14-18(15)23(24,25)26)22(29)28-13-12-27-11-5-7-19(27)21(28)17-6-3-4-8-20(17)30-2/h3-11,14,21H,12-13H2,1-2H3. The lowest BCUT2D eigenvalue weighted by molar-refractivity contribution is -0.138. The molecule has 2 aromatic carbocycles. The van der Waals surface area contributed by atoms with Crippen molar-refractivity contribution in [3.63, 3.8) is 0 Å². The summed E-state index contributed by atoms with van der Waals surface area (Å²) in [6.45, 7) is 2.33. The fraction of sp³-hybridized carbons (Fsp3) is 0.261. The molecule has 0 N–H and O–H groups in total. The van der Waals surface area contributed by atoms with E-state index in [0.29, 0.717) is 18.8 Å². The van der Waals surface area contributed by atoms with Gasteiger partial charge in [0.1, 0.15) is 11.8 Å². The zero-order chi connectivity index (χ0) is 21.5. The number of methoxy groups -OCH3 is 1. The van der Waals surface area contributed by atoms with E-state index in [-0.39, 0.29) is 11.1 Å². The number of benzene rings is 2. The van der Waals surface area contributed by atoms with Crippen LogP contribution in [0, 0.1) is 6.92 Å². The lowest BCUT2D eigenvalue weighted by Gasteiger charge is -2.38. The third kappa shape index (κ3) is 3.44. The number of alkyl halides is 3. The largest absolute Gasteiger partial charge is 0.496 e. The number of fused-ring (bicyclic) bond motifs is 1. The van der Waals surface area contributed by atoms with E-state index in [1.54, 1.807) is 12.0 Å². The lowest BCUT2D eigenvalue weighted by Crippen LogP contribution is -2.42. The predicted octanol–water partition coefficient (Wildman–Crippen LogP) is 5.07. The van der Waals surface area contributed by atoms with Gasteiger partial charge >= 0.3 is 6.18 Å². The second kappa shape index (κ2) is 7.55. The van der Waals surface area contributed by atoms with Crippen LogP contribution < -0.4 is 4.74 Å². The summed E-state index contributed by atoms with van der Waals surface area (Å²) in [6.07, 6.45) is -2.58. The molecular formula is C23H21F3N2O2. The Morgan fingerprint density at radius 2 is 1.83 bits per heavy atom. The van der Waals surface area contributed by atoms with Gasteiger partial charge in [0.05, 0.1) is 12.7 Å². The smallest absolute Gasteiger partial charge is 0.416 e. The van der Waals surface area contributed by atoms with Crippen LogP contribution in [-0.4, -0.2) is 29.0 Å². The predicted molar refractivity (Wildman–Crippen MR) is 106 cm³/mol. The Morgan fingerprint density at radius 3 is 2.57 bits per heavy atom. The maximum atomic E-state index is 13.4. The van der Waals surface area contributed by atoms with Gasteiger partial charge in [0.15, 0.2) is 0 Å². The Bertz CT molecular complexity index is 1090. The van der Waals surface area contributed by atoms with E-state index in [1.807, 2.05) is 42.6 Å². The summed E-state index contributed by atoms with van der Waals surface area (Å²) < 4.78 is 47.7. The van der Waals surface area contributed by atoms with Gasteiger partial charge in [0.2, 0.25) is 0 Å². The van der Waals surface area contributed by atoms with Crippen molar-refractivity contribution in [3.8, 4) is 5.75 Å². The summed E-state index contributed by atoms with van der Waals surface area (Å²) in [5, 5.41) is 0. The third-order valence-electron chi connectivity index (χ3n) is 5.52. The average molecular weight is 414 g/mol. The molecule has 0 saturated heterocycles. The van der Waals surface area contributed by atoms with Crippen LogP contribution in [-0.2, 0) is 12.7 Å². The first-order chi connectivity index (χ1) is 14.3. The fourth-order valence-electron chi connectivity index (χ4n) is 4.05. The van der Waals surface area contributed by atoms with Gasteiger partial charge in [0.25, 0.3) is 5.91 Å². The maximum absolute atomic E-state index is 13.4. The van der Waals surface area contributed by atoms with E-state index in [2.05, 4.69) is 4.57 Å². The van der Waals surface area contributed by atoms with Crippen molar-refractivity contribution < 1.29 is 22.7 Å². The number of amides is 1. The molecule has 1 aliphatic heterocycles. The van der Waals surface area contributed by atoms with Crippen molar-refractivity contribution in [1.29, 1.82) is 0 Å². The minimum atomic E-state index is -4.51. The zero-order valence-corrected chi connectivity index (χ0v) is 16.6. The van der Waals surface area contributed by atoms with Crippen LogP contribution in [0.5, 0.6) is 5.75 Å². The summed E-state index contributed by atoms with van der Waals surface area (Å²) in [4.78, 5) is 15.0. The van der Waals surface area contributed by atoms with Crippen LogP contribution in [0.1, 0.15) is 38.8 Å². The molecule has 0 fully saturated rings. The molecule has 0 bridgehead atoms. The monoisotopic (exact) mass is 414 g/mol. The highest BCUT2D eigenvalue weighted by atomic mass is 19.4. The molecule has 0 radical (unpaired) electrons. The highest BCUT2D eigenvalue weighted by molar-refractivity contribution is 5.95. The van der Waals surface area contributed by atoms with E-state index in [9.17, 15) is 18.0 Å². The Labute approximate surface area is 172 Å². The molecule has 1 unspecified atom stereocenters. The van der Waals surface area contributed by atoms with E-state index in [1.165, 1.54) is 19.1 Å². The Morgan fingerprint density at radius 1 is 1.07 bits per heavy atom. The van der Waals surface area contributed by atoms with E-state index in [0.717, 1.165) is 17.3 Å². The third-order valence-corrected chi connectivity index (χ3v) is 5.52. The Balaban J connectivity index is 1.80. The normalized spacial score (nSPS) is 16.3. The topological polar surface area (TPSA) is 34.5 Å². The van der Waals surface area contributed by atoms with E-state index < -0.39 is 23.7 Å². The van der Waals surface area contributed by atoms with Gasteiger partial charge in [-0.1, -0.05) is 24.3 Å². The molecule has 4 nitrogen and oxygen atoms in total. The van der Waals surface area contributed by atoms with Crippen molar-refractivity contribution in [3.05, 3.63) is 88.7 Å². The highest BCUT2D eigenvalue weighted by Crippen LogP contribution is 2.39. The minimum absolute atomic E-state index is 0.0211. The highest BCUT2D eigenvalue weighted by Gasteiger charge is 2.36. The minimum Gasteiger partial charge on any atom is -0.496 e. The van der Waals surface area contributed by atoms with Crippen LogP contribution in [0.15, 0.2) is 60.8 Å². The molecule has 7 heteroatoms. The number of rotatable bonds is 3. The lowest BCUT2D eigenvalue weighted by atomic mass is 9.97. The maximum Gasteiger partial charge on any atom is 0.416 e. The first-order valence-corrected chi connectivity index (χ1v) is 9.58. The molecule has 1 aromatic heterocycles. The molecule has 3 aromatic rings. The van der Waals surface area contributed by atoms with Crippen molar-refractivity contribution in [1.82, 2.24) is 9.47 Å². The van der Waals surface area contributed by atoms with Crippen LogP contribution in [0.25, 0.3) is 0 Å². The summed E-state index contributed by atoms with van der Waals surface area (Å²) in [5.41, 5.74) is 1.00. The summed E-state index contributed by atoms with van der Waals surface area (Å²) in [6, 6.07) is 14.5. The number of hydrogen-bond acceptors (Lipinski definition) is 2. The van der Waals surface area contributed by atoms with Gasteiger partial charge in [-0.25, -0.2) is 0 Å². The molecule has 0 aliphatic carbocycles. The van der Waals surface area contributed by atoms with E-state index in [4.69, 9.17) is 4.74 Å². The molecule has 2 heterocycles. The Kier molecular flexibility index (Phi) is 5.05. The van der Waals surface area contributed by atoms with Crippen LogP contribution in [0.3, 0.4) is 0 Å². The molecule has 1 amide bonds. The van der Waals surface area contributed by atoms with Crippen molar-refractivity contribution in [2.45, 2.75) is 25.7 Å². The SMILES string of the molecule is COc1ccccc1C1c2cccn2CCN1C(=O)c1ccc(C)c(C(F)(F)F)c1. The first-order valence-electron chi connectivity index (χ1n) is 9.58. The molecule has 0 spiro atoms. The van der Waals surface area contributed by atoms with Gasteiger partial charge in [0, 0.05) is 36.1 Å². The molecule has 1 aliphatic rings. The molecule has 1 atom stereocenters. The number of ether oxygens (including phenoxy) is 1. The number of aryl methyl sites for hydroxylation is 1. The number of carbonyl (C=O) groups excluding carboxylic acids is 1. The average Bonchev–Trinajstić information content (AvgIpc) is 3.21. The van der Waals surface area contributed by atoms with Crippen molar-refractivity contribution in [2.24, 2.45) is 0 Å². The van der Waals surface area contributed by atoms with Crippen LogP contribution in [0.4, 0.5) is 13.2 Å². The number of halogens is 3. The Hall–Kier alpha value is -3.22.